The van der Waals surface area contributed by atoms with Crippen LogP contribution in [0.5, 0.6) is 0 Å². The molecule has 0 atom stereocenters. The predicted molar refractivity (Wildman–Crippen MR) is 95.3 cm³/mol. The molecule has 0 radical (unpaired) electrons. The van der Waals surface area contributed by atoms with E-state index in [1.54, 1.807) is 49.8 Å². The molecule has 0 saturated heterocycles. The number of carbonyl (C=O) groups is 2. The number of hydrogen-bond acceptors (Lipinski definition) is 4. The van der Waals surface area contributed by atoms with Crippen molar-refractivity contribution in [3.63, 3.8) is 0 Å². The summed E-state index contributed by atoms with van der Waals surface area (Å²) in [5, 5.41) is 5.32. The zero-order valence-electron chi connectivity index (χ0n) is 13.6. The van der Waals surface area contributed by atoms with E-state index in [4.69, 9.17) is 0 Å². The number of nitrogens with zero attached hydrogens (tertiary/aromatic N) is 2. The fourth-order valence-electron chi connectivity index (χ4n) is 2.31. The van der Waals surface area contributed by atoms with Crippen LogP contribution in [0.1, 0.15) is 20.7 Å². The van der Waals surface area contributed by atoms with Crippen molar-refractivity contribution in [3.8, 4) is 11.1 Å². The lowest BCUT2D eigenvalue weighted by Gasteiger charge is -2.07. The number of anilines is 1. The molecule has 0 aliphatic heterocycles. The zero-order chi connectivity index (χ0) is 17.6. The summed E-state index contributed by atoms with van der Waals surface area (Å²) in [6.45, 7) is 0. The van der Waals surface area contributed by atoms with Gasteiger partial charge in [0.2, 0.25) is 0 Å². The molecule has 1 aromatic carbocycles. The molecule has 0 aliphatic rings. The number of rotatable bonds is 4. The second-order valence-electron chi connectivity index (χ2n) is 5.29. The lowest BCUT2D eigenvalue weighted by molar-refractivity contribution is 0.0962. The van der Waals surface area contributed by atoms with Crippen molar-refractivity contribution in [3.05, 3.63) is 78.2 Å². The highest BCUT2D eigenvalue weighted by Crippen LogP contribution is 2.21. The maximum absolute atomic E-state index is 12.1. The van der Waals surface area contributed by atoms with E-state index in [9.17, 15) is 9.59 Å². The van der Waals surface area contributed by atoms with Crippen LogP contribution in [0.15, 0.2) is 67.1 Å². The van der Waals surface area contributed by atoms with Crippen molar-refractivity contribution < 1.29 is 9.59 Å². The number of hydrogen-bond donors (Lipinski definition) is 2. The first-order chi connectivity index (χ1) is 12.2. The molecule has 6 heteroatoms. The summed E-state index contributed by atoms with van der Waals surface area (Å²) >= 11 is 0. The molecule has 2 aromatic heterocycles. The van der Waals surface area contributed by atoms with Crippen LogP contribution in [-0.2, 0) is 0 Å². The first-order valence-electron chi connectivity index (χ1n) is 7.67. The van der Waals surface area contributed by atoms with E-state index < -0.39 is 0 Å². The van der Waals surface area contributed by atoms with Crippen molar-refractivity contribution in [1.82, 2.24) is 15.3 Å². The van der Waals surface area contributed by atoms with Crippen molar-refractivity contribution in [2.75, 3.05) is 12.4 Å². The molecule has 0 fully saturated rings. The standard InChI is InChI=1S/C19H16N4O2/c1-20-18(24)14-5-2-4-13(10-14)15-7-8-17(22-12-15)23-19(25)16-6-3-9-21-11-16/h2-12H,1H3,(H,20,24)(H,22,23,25). The maximum atomic E-state index is 12.1. The van der Waals surface area contributed by atoms with Crippen molar-refractivity contribution in [2.45, 2.75) is 0 Å². The Morgan fingerprint density at radius 2 is 1.72 bits per heavy atom. The lowest BCUT2D eigenvalue weighted by atomic mass is 10.0. The quantitative estimate of drug-likeness (QED) is 0.769. The predicted octanol–water partition coefficient (Wildman–Crippen LogP) is 2.76. The number of pyridine rings is 2. The average molecular weight is 332 g/mol. The molecule has 3 rings (SSSR count). The first-order valence-corrected chi connectivity index (χ1v) is 7.67. The average Bonchev–Trinajstić information content (AvgIpc) is 2.68. The highest BCUT2D eigenvalue weighted by Gasteiger charge is 2.08. The Morgan fingerprint density at radius 3 is 2.40 bits per heavy atom. The van der Waals surface area contributed by atoms with Crippen LogP contribution < -0.4 is 10.6 Å². The Balaban J connectivity index is 1.76. The number of carbonyl (C=O) groups excluding carboxylic acids is 2. The second kappa shape index (κ2) is 7.35. The van der Waals surface area contributed by atoms with E-state index in [1.165, 1.54) is 6.20 Å². The smallest absolute Gasteiger partial charge is 0.258 e. The molecule has 2 heterocycles. The van der Waals surface area contributed by atoms with Crippen LogP contribution in [0.4, 0.5) is 5.82 Å². The molecule has 6 nitrogen and oxygen atoms in total. The third-order valence-electron chi connectivity index (χ3n) is 3.61. The second-order valence-corrected chi connectivity index (χ2v) is 5.29. The summed E-state index contributed by atoms with van der Waals surface area (Å²) in [5.41, 5.74) is 2.77. The van der Waals surface area contributed by atoms with Gasteiger partial charge >= 0.3 is 0 Å². The zero-order valence-corrected chi connectivity index (χ0v) is 13.6. The van der Waals surface area contributed by atoms with Gasteiger partial charge in [0.05, 0.1) is 5.56 Å². The van der Waals surface area contributed by atoms with Gasteiger partial charge in [-0.3, -0.25) is 14.6 Å². The van der Waals surface area contributed by atoms with Crippen LogP contribution >= 0.6 is 0 Å². The Bertz CT molecular complexity index is 893. The third kappa shape index (κ3) is 3.87. The van der Waals surface area contributed by atoms with E-state index in [-0.39, 0.29) is 11.8 Å². The van der Waals surface area contributed by atoms with Gasteiger partial charge in [-0.25, -0.2) is 4.98 Å². The van der Waals surface area contributed by atoms with Gasteiger partial charge in [-0.15, -0.1) is 0 Å². The molecule has 2 N–H and O–H groups in total. The molecule has 25 heavy (non-hydrogen) atoms. The monoisotopic (exact) mass is 332 g/mol. The minimum Gasteiger partial charge on any atom is -0.355 e. The van der Waals surface area contributed by atoms with Crippen LogP contribution in [0, 0.1) is 0 Å². The highest BCUT2D eigenvalue weighted by atomic mass is 16.2. The van der Waals surface area contributed by atoms with Gasteiger partial charge < -0.3 is 10.6 Å². The molecular formula is C19H16N4O2. The van der Waals surface area contributed by atoms with Crippen LogP contribution in [0.2, 0.25) is 0 Å². The Morgan fingerprint density at radius 1 is 0.880 bits per heavy atom. The third-order valence-corrected chi connectivity index (χ3v) is 3.61. The van der Waals surface area contributed by atoms with Crippen molar-refractivity contribution in [2.24, 2.45) is 0 Å². The fraction of sp³-hybridized carbons (Fsp3) is 0.0526. The Hall–Kier alpha value is -3.54. The van der Waals surface area contributed by atoms with E-state index in [1.807, 2.05) is 18.2 Å². The van der Waals surface area contributed by atoms with Gasteiger partial charge in [-0.1, -0.05) is 12.1 Å². The topological polar surface area (TPSA) is 84.0 Å². The Kier molecular flexibility index (Phi) is 4.80. The summed E-state index contributed by atoms with van der Waals surface area (Å²) in [5.74, 6) is 0.0326. The lowest BCUT2D eigenvalue weighted by Crippen LogP contribution is -2.17. The van der Waals surface area contributed by atoms with E-state index in [0.717, 1.165) is 11.1 Å². The van der Waals surface area contributed by atoms with Crippen molar-refractivity contribution >= 4 is 17.6 Å². The molecule has 0 spiro atoms. The molecule has 3 aromatic rings. The summed E-state index contributed by atoms with van der Waals surface area (Å²) in [7, 11) is 1.59. The minimum absolute atomic E-state index is 0.143. The number of amides is 2. The molecule has 124 valence electrons. The number of nitrogens with one attached hydrogen (secondary N) is 2. The van der Waals surface area contributed by atoms with E-state index >= 15 is 0 Å². The van der Waals surface area contributed by atoms with E-state index in [0.29, 0.717) is 16.9 Å². The van der Waals surface area contributed by atoms with Gasteiger partial charge in [-0.2, -0.15) is 0 Å². The first kappa shape index (κ1) is 16.3. The normalized spacial score (nSPS) is 10.1. The molecular weight excluding hydrogens is 316 g/mol. The van der Waals surface area contributed by atoms with Gasteiger partial charge in [0, 0.05) is 36.8 Å². The Labute approximate surface area is 145 Å². The molecule has 0 unspecified atom stereocenters. The number of benzene rings is 1. The minimum atomic E-state index is -0.269. The number of aromatic nitrogens is 2. The highest BCUT2D eigenvalue weighted by molar-refractivity contribution is 6.03. The van der Waals surface area contributed by atoms with Gasteiger partial charge in [0.25, 0.3) is 11.8 Å². The molecule has 2 amide bonds. The molecule has 0 aliphatic carbocycles. The van der Waals surface area contributed by atoms with Crippen molar-refractivity contribution in [1.29, 1.82) is 0 Å². The molecule has 0 saturated carbocycles. The largest absolute Gasteiger partial charge is 0.355 e. The summed E-state index contributed by atoms with van der Waals surface area (Å²) in [6, 6.07) is 14.2. The van der Waals surface area contributed by atoms with Gasteiger partial charge in [0.1, 0.15) is 5.82 Å². The fourth-order valence-corrected chi connectivity index (χ4v) is 2.31. The van der Waals surface area contributed by atoms with Crippen LogP contribution in [-0.4, -0.2) is 28.8 Å². The summed E-state index contributed by atoms with van der Waals surface area (Å²) < 4.78 is 0. The SMILES string of the molecule is CNC(=O)c1cccc(-c2ccc(NC(=O)c3cccnc3)nc2)c1. The van der Waals surface area contributed by atoms with Gasteiger partial charge in [-0.05, 0) is 42.0 Å². The maximum Gasteiger partial charge on any atom is 0.258 e. The summed E-state index contributed by atoms with van der Waals surface area (Å²) in [6.07, 6.45) is 4.76. The van der Waals surface area contributed by atoms with E-state index in [2.05, 4.69) is 20.6 Å². The summed E-state index contributed by atoms with van der Waals surface area (Å²) in [4.78, 5) is 32.0. The van der Waals surface area contributed by atoms with Crippen LogP contribution in [0.3, 0.4) is 0 Å². The molecule has 0 bridgehead atoms. The van der Waals surface area contributed by atoms with Crippen LogP contribution in [0.25, 0.3) is 11.1 Å². The van der Waals surface area contributed by atoms with Gasteiger partial charge in [0.15, 0.2) is 0 Å².